The molecule has 0 spiro atoms. The lowest BCUT2D eigenvalue weighted by Crippen LogP contribution is -2.27. The van der Waals surface area contributed by atoms with Gasteiger partial charge in [0.1, 0.15) is 0 Å². The van der Waals surface area contributed by atoms with E-state index in [0.29, 0.717) is 18.9 Å². The molecule has 1 aromatic rings. The van der Waals surface area contributed by atoms with Crippen molar-refractivity contribution < 1.29 is 4.79 Å². The van der Waals surface area contributed by atoms with Gasteiger partial charge in [-0.1, -0.05) is 24.3 Å². The minimum Gasteiger partial charge on any atom is -0.370 e. The van der Waals surface area contributed by atoms with Crippen LogP contribution in [0.25, 0.3) is 0 Å². The normalized spacial score (nSPS) is 18.7. The number of fused-ring (bicyclic) bond motifs is 1. The molecule has 0 heterocycles. The molecule has 0 saturated carbocycles. The van der Waals surface area contributed by atoms with Crippen LogP contribution in [0.5, 0.6) is 0 Å². The summed E-state index contributed by atoms with van der Waals surface area (Å²) in [6.07, 6.45) is 4.13. The Morgan fingerprint density at radius 2 is 2.24 bits per heavy atom. The summed E-state index contributed by atoms with van der Waals surface area (Å²) in [4.78, 5) is 10.6. The number of nitrogens with two attached hydrogens (primary N) is 1. The first kappa shape index (κ1) is 12.1. The second-order valence-corrected chi connectivity index (χ2v) is 4.71. The molecule has 1 aliphatic rings. The average molecular weight is 232 g/mol. The molecule has 0 fully saturated rings. The second-order valence-electron chi connectivity index (χ2n) is 4.71. The fourth-order valence-corrected chi connectivity index (χ4v) is 2.55. The Labute approximate surface area is 102 Å². The molecular weight excluding hydrogens is 212 g/mol. The summed E-state index contributed by atoms with van der Waals surface area (Å²) in [5.41, 5.74) is 8.07. The number of amides is 1. The summed E-state index contributed by atoms with van der Waals surface area (Å²) in [5, 5.41) is 3.33. The van der Waals surface area contributed by atoms with E-state index in [4.69, 9.17) is 5.73 Å². The summed E-state index contributed by atoms with van der Waals surface area (Å²) in [6.45, 7) is 1.64. The summed E-state index contributed by atoms with van der Waals surface area (Å²) >= 11 is 0. The van der Waals surface area contributed by atoms with E-state index >= 15 is 0 Å². The van der Waals surface area contributed by atoms with E-state index in [-0.39, 0.29) is 5.91 Å². The molecule has 1 unspecified atom stereocenters. The number of primary amides is 1. The monoisotopic (exact) mass is 232 g/mol. The van der Waals surface area contributed by atoms with Crippen molar-refractivity contribution in [3.8, 4) is 0 Å². The quantitative estimate of drug-likeness (QED) is 0.757. The first-order valence-electron chi connectivity index (χ1n) is 6.34. The van der Waals surface area contributed by atoms with Gasteiger partial charge in [-0.2, -0.15) is 0 Å². The van der Waals surface area contributed by atoms with Crippen LogP contribution >= 0.6 is 0 Å². The van der Waals surface area contributed by atoms with Crippen molar-refractivity contribution in [1.29, 1.82) is 0 Å². The van der Waals surface area contributed by atoms with Gasteiger partial charge in [0, 0.05) is 19.5 Å². The molecule has 1 amide bonds. The highest BCUT2D eigenvalue weighted by Gasteiger charge is 2.18. The smallest absolute Gasteiger partial charge is 0.218 e. The summed E-state index contributed by atoms with van der Waals surface area (Å²) < 4.78 is 0. The number of aryl methyl sites for hydroxylation is 1. The second kappa shape index (κ2) is 5.82. The zero-order valence-electron chi connectivity index (χ0n) is 10.1. The maximum atomic E-state index is 10.6. The van der Waals surface area contributed by atoms with Crippen LogP contribution in [0.2, 0.25) is 0 Å². The fourth-order valence-electron chi connectivity index (χ4n) is 2.55. The van der Waals surface area contributed by atoms with Crippen LogP contribution in [0.4, 0.5) is 0 Å². The van der Waals surface area contributed by atoms with Crippen molar-refractivity contribution in [2.24, 2.45) is 5.73 Å². The molecule has 17 heavy (non-hydrogen) atoms. The van der Waals surface area contributed by atoms with Gasteiger partial charge in [0.2, 0.25) is 5.91 Å². The Kier molecular flexibility index (Phi) is 4.15. The maximum absolute atomic E-state index is 10.6. The predicted molar refractivity (Wildman–Crippen MR) is 68.8 cm³/mol. The minimum atomic E-state index is -0.235. The Hall–Kier alpha value is -1.35. The van der Waals surface area contributed by atoms with Crippen molar-refractivity contribution in [3.63, 3.8) is 0 Å². The molecule has 0 bridgehead atoms. The lowest BCUT2D eigenvalue weighted by molar-refractivity contribution is -0.117. The van der Waals surface area contributed by atoms with Gasteiger partial charge < -0.3 is 11.1 Å². The molecule has 92 valence electrons. The van der Waals surface area contributed by atoms with E-state index in [1.807, 2.05) is 0 Å². The zero-order chi connectivity index (χ0) is 12.1. The third-order valence-corrected chi connectivity index (χ3v) is 3.43. The van der Waals surface area contributed by atoms with E-state index in [1.165, 1.54) is 30.4 Å². The van der Waals surface area contributed by atoms with E-state index in [2.05, 4.69) is 29.6 Å². The minimum absolute atomic E-state index is 0.235. The van der Waals surface area contributed by atoms with Gasteiger partial charge in [-0.15, -0.1) is 0 Å². The van der Waals surface area contributed by atoms with Gasteiger partial charge in [0.25, 0.3) is 0 Å². The fraction of sp³-hybridized carbons (Fsp3) is 0.500. The Morgan fingerprint density at radius 1 is 1.41 bits per heavy atom. The molecule has 3 N–H and O–H groups in total. The van der Waals surface area contributed by atoms with Crippen molar-refractivity contribution in [2.45, 2.75) is 31.6 Å². The molecule has 1 aromatic carbocycles. The standard InChI is InChI=1S/C14H20N2O/c15-14(17)8-9-16-10-12-6-3-5-11-4-1-2-7-13(11)12/h1-2,4,7,12,16H,3,5-6,8-10H2,(H2,15,17). The number of hydrogen-bond donors (Lipinski definition) is 2. The van der Waals surface area contributed by atoms with Crippen LogP contribution in [0.3, 0.4) is 0 Å². The third-order valence-electron chi connectivity index (χ3n) is 3.43. The van der Waals surface area contributed by atoms with E-state index in [1.54, 1.807) is 0 Å². The van der Waals surface area contributed by atoms with Crippen LogP contribution in [-0.4, -0.2) is 19.0 Å². The summed E-state index contributed by atoms with van der Waals surface area (Å²) in [5.74, 6) is 0.356. The number of carbonyl (C=O) groups excluding carboxylic acids is 1. The molecule has 2 rings (SSSR count). The number of carbonyl (C=O) groups is 1. The summed E-state index contributed by atoms with van der Waals surface area (Å²) in [6, 6.07) is 8.68. The predicted octanol–water partition coefficient (Wildman–Crippen LogP) is 1.57. The number of rotatable bonds is 5. The molecule has 3 heteroatoms. The average Bonchev–Trinajstić information content (AvgIpc) is 2.34. The van der Waals surface area contributed by atoms with Crippen LogP contribution in [0.1, 0.15) is 36.3 Å². The summed E-state index contributed by atoms with van der Waals surface area (Å²) in [7, 11) is 0. The third kappa shape index (κ3) is 3.30. The molecule has 0 aliphatic heterocycles. The number of benzene rings is 1. The molecule has 0 aromatic heterocycles. The Bertz CT molecular complexity index is 390. The highest BCUT2D eigenvalue weighted by atomic mass is 16.1. The van der Waals surface area contributed by atoms with Crippen LogP contribution < -0.4 is 11.1 Å². The van der Waals surface area contributed by atoms with Gasteiger partial charge in [0.15, 0.2) is 0 Å². The largest absolute Gasteiger partial charge is 0.370 e. The van der Waals surface area contributed by atoms with E-state index in [9.17, 15) is 4.79 Å². The molecular formula is C14H20N2O. The lowest BCUT2D eigenvalue weighted by atomic mass is 9.83. The molecule has 1 atom stereocenters. The van der Waals surface area contributed by atoms with Crippen LogP contribution in [0, 0.1) is 0 Å². The SMILES string of the molecule is NC(=O)CCNCC1CCCc2ccccc21. The van der Waals surface area contributed by atoms with Gasteiger partial charge in [0.05, 0.1) is 0 Å². The van der Waals surface area contributed by atoms with E-state index < -0.39 is 0 Å². The first-order chi connectivity index (χ1) is 8.27. The zero-order valence-corrected chi connectivity index (χ0v) is 10.1. The molecule has 1 aliphatic carbocycles. The van der Waals surface area contributed by atoms with Gasteiger partial charge in [-0.3, -0.25) is 4.79 Å². The van der Waals surface area contributed by atoms with Crippen LogP contribution in [-0.2, 0) is 11.2 Å². The molecule has 0 saturated heterocycles. The highest BCUT2D eigenvalue weighted by molar-refractivity contribution is 5.73. The Morgan fingerprint density at radius 3 is 3.06 bits per heavy atom. The van der Waals surface area contributed by atoms with E-state index in [0.717, 1.165) is 6.54 Å². The van der Waals surface area contributed by atoms with Gasteiger partial charge >= 0.3 is 0 Å². The van der Waals surface area contributed by atoms with Gasteiger partial charge in [-0.05, 0) is 36.3 Å². The highest BCUT2D eigenvalue weighted by Crippen LogP contribution is 2.30. The van der Waals surface area contributed by atoms with Crippen molar-refractivity contribution in [1.82, 2.24) is 5.32 Å². The lowest BCUT2D eigenvalue weighted by Gasteiger charge is -2.25. The topological polar surface area (TPSA) is 55.1 Å². The van der Waals surface area contributed by atoms with Gasteiger partial charge in [-0.25, -0.2) is 0 Å². The first-order valence-corrected chi connectivity index (χ1v) is 6.34. The molecule has 3 nitrogen and oxygen atoms in total. The van der Waals surface area contributed by atoms with Crippen molar-refractivity contribution in [3.05, 3.63) is 35.4 Å². The van der Waals surface area contributed by atoms with Crippen molar-refractivity contribution in [2.75, 3.05) is 13.1 Å². The van der Waals surface area contributed by atoms with Crippen LogP contribution in [0.15, 0.2) is 24.3 Å². The molecule has 0 radical (unpaired) electrons. The Balaban J connectivity index is 1.88. The number of hydrogen-bond acceptors (Lipinski definition) is 2. The number of nitrogens with one attached hydrogen (secondary N) is 1. The maximum Gasteiger partial charge on any atom is 0.218 e. The van der Waals surface area contributed by atoms with Crippen molar-refractivity contribution >= 4 is 5.91 Å².